The van der Waals surface area contributed by atoms with E-state index in [2.05, 4.69) is 21.9 Å². The molecule has 9 nitrogen and oxygen atoms in total. The predicted octanol–water partition coefficient (Wildman–Crippen LogP) is 4.96. The maximum absolute atomic E-state index is 11.7. The lowest BCUT2D eigenvalue weighted by Gasteiger charge is -2.12. The van der Waals surface area contributed by atoms with Crippen molar-refractivity contribution >= 4 is 38.4 Å². The second-order valence-corrected chi connectivity index (χ2v) is 11.1. The van der Waals surface area contributed by atoms with Crippen molar-refractivity contribution in [3.8, 4) is 22.6 Å². The number of fused-ring (bicyclic) bond motifs is 1. The number of allylic oxidation sites excluding steroid dienone is 1. The van der Waals surface area contributed by atoms with E-state index in [9.17, 15) is 13.6 Å². The van der Waals surface area contributed by atoms with E-state index in [-0.39, 0.29) is 4.90 Å². The van der Waals surface area contributed by atoms with Gasteiger partial charge in [0.05, 0.1) is 21.8 Å². The maximum Gasteiger partial charge on any atom is 0.238 e. The topological polar surface area (TPSA) is 136 Å². The second kappa shape index (κ2) is 11.2. The Hall–Kier alpha value is -4.32. The molecule has 0 fully saturated rings. The van der Waals surface area contributed by atoms with E-state index >= 15 is 0 Å². The number of rotatable bonds is 9. The summed E-state index contributed by atoms with van der Waals surface area (Å²) in [6.07, 6.45) is 1.77. The minimum absolute atomic E-state index is 0.0287. The van der Waals surface area contributed by atoms with Gasteiger partial charge in [-0.25, -0.2) is 18.5 Å². The molecule has 0 amide bonds. The van der Waals surface area contributed by atoms with Gasteiger partial charge in [-0.15, -0.1) is 16.8 Å². The predicted molar refractivity (Wildman–Crippen MR) is 153 cm³/mol. The summed E-state index contributed by atoms with van der Waals surface area (Å²) in [5.41, 5.74) is 4.28. The fourth-order valence-corrected chi connectivity index (χ4v) is 5.57. The van der Waals surface area contributed by atoms with Crippen LogP contribution in [0.5, 0.6) is 0 Å². The molecule has 0 aliphatic heterocycles. The van der Waals surface area contributed by atoms with Crippen LogP contribution >= 0.6 is 11.8 Å². The third kappa shape index (κ3) is 5.60. The number of hydrogen-bond acceptors (Lipinski definition) is 8. The summed E-state index contributed by atoms with van der Waals surface area (Å²) in [6.45, 7) is 4.36. The number of hydrogen-bond donors (Lipinski definition) is 2. The highest BCUT2D eigenvalue weighted by atomic mass is 32.2. The monoisotopic (exact) mass is 556 g/mol. The van der Waals surface area contributed by atoms with Gasteiger partial charge >= 0.3 is 0 Å². The van der Waals surface area contributed by atoms with Crippen molar-refractivity contribution in [2.45, 2.75) is 16.6 Å². The molecule has 0 spiro atoms. The zero-order chi connectivity index (χ0) is 27.4. The van der Waals surface area contributed by atoms with E-state index in [1.807, 2.05) is 65.2 Å². The molecule has 0 radical (unpaired) electrons. The number of nitrogens with two attached hydrogens (primary N) is 1. The number of aromatic nitrogens is 4. The highest BCUT2D eigenvalue weighted by molar-refractivity contribution is 7.99. The Morgan fingerprint density at radius 2 is 1.74 bits per heavy atom. The number of pyridine rings is 1. The third-order valence-corrected chi connectivity index (χ3v) is 7.94. The summed E-state index contributed by atoms with van der Waals surface area (Å²) >= 11 is 1.41. The molecule has 5 aromatic rings. The summed E-state index contributed by atoms with van der Waals surface area (Å²) in [5.74, 6) is 1.01. The van der Waals surface area contributed by atoms with Crippen LogP contribution in [0.1, 0.15) is 5.56 Å². The van der Waals surface area contributed by atoms with Crippen molar-refractivity contribution in [3.05, 3.63) is 103 Å². The Morgan fingerprint density at radius 1 is 1.03 bits per heavy atom. The van der Waals surface area contributed by atoms with Crippen LogP contribution in [0.25, 0.3) is 33.5 Å². The van der Waals surface area contributed by atoms with Crippen LogP contribution in [0.15, 0.2) is 113 Å². The van der Waals surface area contributed by atoms with Gasteiger partial charge in [0, 0.05) is 34.4 Å². The standard InChI is InChI=1S/C28H24N6O3S2/c1-2-16-34-27(31-32-28(34)38-18-26(33-35)19-8-4-3-5-9-19)23-17-25(30-24-11-7-6-10-22(23)24)20-12-14-21(15-13-20)39(29,36)37/h2-15,17,35H,1,16,18H2,(H2,29,36,37)/b33-26-. The van der Waals surface area contributed by atoms with Crippen molar-refractivity contribution in [2.75, 3.05) is 5.75 Å². The van der Waals surface area contributed by atoms with Gasteiger partial charge in [0.2, 0.25) is 10.0 Å². The number of para-hydroxylation sites is 1. The number of benzene rings is 3. The summed E-state index contributed by atoms with van der Waals surface area (Å²) in [4.78, 5) is 4.83. The normalized spacial score (nSPS) is 12.1. The van der Waals surface area contributed by atoms with Crippen molar-refractivity contribution in [1.29, 1.82) is 0 Å². The largest absolute Gasteiger partial charge is 0.411 e. The van der Waals surface area contributed by atoms with Crippen LogP contribution in [0.2, 0.25) is 0 Å². The van der Waals surface area contributed by atoms with Gasteiger partial charge in [0.15, 0.2) is 11.0 Å². The Morgan fingerprint density at radius 3 is 2.44 bits per heavy atom. The number of sulfonamides is 1. The summed E-state index contributed by atoms with van der Waals surface area (Å²) < 4.78 is 25.4. The van der Waals surface area contributed by atoms with E-state index in [4.69, 9.17) is 10.1 Å². The van der Waals surface area contributed by atoms with Crippen LogP contribution in [-0.2, 0) is 16.6 Å². The van der Waals surface area contributed by atoms with Crippen molar-refractivity contribution < 1.29 is 13.6 Å². The molecule has 0 unspecified atom stereocenters. The van der Waals surface area contributed by atoms with Gasteiger partial charge in [0.1, 0.15) is 0 Å². The third-order valence-electron chi connectivity index (χ3n) is 6.03. The first-order chi connectivity index (χ1) is 18.9. The molecule has 2 heterocycles. The fraction of sp³-hybridized carbons (Fsp3) is 0.0714. The summed E-state index contributed by atoms with van der Waals surface area (Å²) in [6, 6.07) is 25.4. The van der Waals surface area contributed by atoms with Crippen LogP contribution < -0.4 is 5.14 Å². The number of nitrogens with zero attached hydrogens (tertiary/aromatic N) is 5. The summed E-state index contributed by atoms with van der Waals surface area (Å²) in [7, 11) is -3.81. The van der Waals surface area contributed by atoms with E-state index in [1.165, 1.54) is 23.9 Å². The first-order valence-corrected chi connectivity index (χ1v) is 14.4. The molecule has 0 bridgehead atoms. The minimum Gasteiger partial charge on any atom is -0.411 e. The molecule has 5 rings (SSSR count). The molecule has 0 aliphatic rings. The van der Waals surface area contributed by atoms with Gasteiger partial charge in [-0.05, 0) is 24.3 Å². The zero-order valence-corrected chi connectivity index (χ0v) is 22.3. The minimum atomic E-state index is -3.81. The lowest BCUT2D eigenvalue weighted by molar-refractivity contribution is 0.319. The van der Waals surface area contributed by atoms with E-state index < -0.39 is 10.0 Å². The van der Waals surface area contributed by atoms with Crippen molar-refractivity contribution in [2.24, 2.45) is 10.3 Å². The Bertz CT molecular complexity index is 1780. The number of thioether (sulfide) groups is 1. The molecule has 11 heteroatoms. The molecule has 0 atom stereocenters. The fourth-order valence-electron chi connectivity index (χ4n) is 4.15. The van der Waals surface area contributed by atoms with Gasteiger partial charge in [-0.3, -0.25) is 4.57 Å². The number of oxime groups is 1. The van der Waals surface area contributed by atoms with Crippen LogP contribution in [0.4, 0.5) is 0 Å². The Kier molecular flexibility index (Phi) is 7.55. The van der Waals surface area contributed by atoms with E-state index in [0.717, 1.165) is 27.6 Å². The van der Waals surface area contributed by atoms with Crippen molar-refractivity contribution in [1.82, 2.24) is 19.7 Å². The zero-order valence-electron chi connectivity index (χ0n) is 20.7. The molecule has 0 saturated heterocycles. The Balaban J connectivity index is 1.56. The Labute approximate surface area is 229 Å². The molecule has 39 heavy (non-hydrogen) atoms. The lowest BCUT2D eigenvalue weighted by atomic mass is 10.0. The van der Waals surface area contributed by atoms with Crippen molar-refractivity contribution in [3.63, 3.8) is 0 Å². The molecule has 3 N–H and O–H groups in total. The quantitative estimate of drug-likeness (QED) is 0.0860. The van der Waals surface area contributed by atoms with Crippen LogP contribution in [-0.4, -0.2) is 44.8 Å². The SMILES string of the molecule is C=CCn1c(SC/C(=N/O)c2ccccc2)nnc1-c1cc(-c2ccc(S(N)(=O)=O)cc2)nc2ccccc12. The molecule has 0 aliphatic carbocycles. The molecule has 3 aromatic carbocycles. The highest BCUT2D eigenvalue weighted by Gasteiger charge is 2.19. The van der Waals surface area contributed by atoms with Gasteiger partial charge in [-0.2, -0.15) is 0 Å². The van der Waals surface area contributed by atoms with E-state index in [1.54, 1.807) is 18.2 Å². The smallest absolute Gasteiger partial charge is 0.238 e. The molecule has 196 valence electrons. The van der Waals surface area contributed by atoms with Crippen LogP contribution in [0.3, 0.4) is 0 Å². The molecule has 2 aromatic heterocycles. The first-order valence-electron chi connectivity index (χ1n) is 11.9. The highest BCUT2D eigenvalue weighted by Crippen LogP contribution is 2.33. The lowest BCUT2D eigenvalue weighted by Crippen LogP contribution is -2.11. The molecular formula is C28H24N6O3S2. The number of primary sulfonamides is 1. The second-order valence-electron chi connectivity index (χ2n) is 8.55. The van der Waals surface area contributed by atoms with Crippen LogP contribution in [0, 0.1) is 0 Å². The van der Waals surface area contributed by atoms with E-state index in [0.29, 0.717) is 34.7 Å². The van der Waals surface area contributed by atoms with Gasteiger partial charge < -0.3 is 5.21 Å². The average molecular weight is 557 g/mol. The average Bonchev–Trinajstić information content (AvgIpc) is 3.35. The molecule has 0 saturated carbocycles. The van der Waals surface area contributed by atoms with Gasteiger partial charge in [0.25, 0.3) is 0 Å². The summed E-state index contributed by atoms with van der Waals surface area (Å²) in [5, 5.41) is 28.9. The molecular weight excluding hydrogens is 532 g/mol. The first kappa shape index (κ1) is 26.3. The van der Waals surface area contributed by atoms with Gasteiger partial charge in [-0.1, -0.05) is 83.7 Å². The maximum atomic E-state index is 11.7.